The second-order valence-corrected chi connectivity index (χ2v) is 5.25. The molecule has 3 aromatic rings. The average Bonchev–Trinajstić information content (AvgIpc) is 3.15. The van der Waals surface area contributed by atoms with E-state index in [-0.39, 0.29) is 0 Å². The summed E-state index contributed by atoms with van der Waals surface area (Å²) in [7, 11) is 4.00. The Morgan fingerprint density at radius 3 is 2.68 bits per heavy atom. The van der Waals surface area contributed by atoms with Crippen LogP contribution in [0.4, 0.5) is 5.69 Å². The van der Waals surface area contributed by atoms with Gasteiger partial charge in [-0.05, 0) is 48.6 Å². The number of aromatic nitrogens is 3. The summed E-state index contributed by atoms with van der Waals surface area (Å²) >= 11 is 5.23. The fourth-order valence-corrected chi connectivity index (χ4v) is 2.15. The van der Waals surface area contributed by atoms with Crippen molar-refractivity contribution in [2.24, 2.45) is 5.10 Å². The first-order chi connectivity index (χ1) is 10.6. The highest BCUT2D eigenvalue weighted by Crippen LogP contribution is 2.21. The first-order valence-electron chi connectivity index (χ1n) is 6.68. The van der Waals surface area contributed by atoms with Gasteiger partial charge in [0.25, 0.3) is 0 Å². The van der Waals surface area contributed by atoms with Crippen molar-refractivity contribution in [2.75, 3.05) is 19.0 Å². The van der Waals surface area contributed by atoms with Crippen molar-refractivity contribution in [3.05, 3.63) is 53.2 Å². The number of rotatable bonds is 4. The SMILES string of the molecule is CN(C)c1ccc(-c2n[nH]c(=S)n2N=Cc2ccco2)cc1. The fourth-order valence-electron chi connectivity index (χ4n) is 1.97. The Bertz CT molecular complexity index is 828. The minimum Gasteiger partial charge on any atom is -0.463 e. The Balaban J connectivity index is 1.96. The van der Waals surface area contributed by atoms with Crippen LogP contribution < -0.4 is 4.90 Å². The van der Waals surface area contributed by atoms with E-state index in [1.54, 1.807) is 23.2 Å². The molecular weight excluding hydrogens is 298 g/mol. The number of benzene rings is 1. The third-order valence-electron chi connectivity index (χ3n) is 3.14. The molecule has 2 aromatic heterocycles. The van der Waals surface area contributed by atoms with Gasteiger partial charge in [-0.15, -0.1) is 0 Å². The standard InChI is InChI=1S/C15H15N5OS/c1-19(2)12-7-5-11(6-8-12)14-17-18-15(22)20(14)16-10-13-4-3-9-21-13/h3-10H,1-2H3,(H,18,22). The fraction of sp³-hybridized carbons (Fsp3) is 0.133. The second kappa shape index (κ2) is 5.98. The number of nitrogens with zero attached hydrogens (tertiary/aromatic N) is 4. The lowest BCUT2D eigenvalue weighted by atomic mass is 10.2. The van der Waals surface area contributed by atoms with Gasteiger partial charge in [0.1, 0.15) is 5.76 Å². The van der Waals surface area contributed by atoms with Crippen LogP contribution in [-0.4, -0.2) is 35.2 Å². The molecule has 0 spiro atoms. The highest BCUT2D eigenvalue weighted by atomic mass is 32.1. The largest absolute Gasteiger partial charge is 0.463 e. The van der Waals surface area contributed by atoms with E-state index in [2.05, 4.69) is 15.3 Å². The summed E-state index contributed by atoms with van der Waals surface area (Å²) in [6.07, 6.45) is 3.19. The normalized spacial score (nSPS) is 11.2. The molecule has 1 aromatic carbocycles. The predicted octanol–water partition coefficient (Wildman–Crippen LogP) is 3.15. The molecule has 0 bridgehead atoms. The van der Waals surface area contributed by atoms with Crippen LogP contribution in [0, 0.1) is 4.77 Å². The van der Waals surface area contributed by atoms with E-state index >= 15 is 0 Å². The van der Waals surface area contributed by atoms with Crippen LogP contribution in [0.5, 0.6) is 0 Å². The van der Waals surface area contributed by atoms with E-state index in [0.717, 1.165) is 11.3 Å². The zero-order chi connectivity index (χ0) is 15.5. The number of nitrogens with one attached hydrogen (secondary N) is 1. The molecule has 0 fully saturated rings. The van der Waals surface area contributed by atoms with Gasteiger partial charge in [0.05, 0.1) is 12.5 Å². The smallest absolute Gasteiger partial charge is 0.216 e. The van der Waals surface area contributed by atoms with Crippen molar-refractivity contribution < 1.29 is 4.42 Å². The highest BCUT2D eigenvalue weighted by Gasteiger charge is 2.08. The predicted molar refractivity (Wildman–Crippen MR) is 88.9 cm³/mol. The molecule has 2 heterocycles. The zero-order valence-electron chi connectivity index (χ0n) is 12.2. The van der Waals surface area contributed by atoms with Gasteiger partial charge in [0.2, 0.25) is 4.77 Å². The lowest BCUT2D eigenvalue weighted by molar-refractivity contribution is 0.559. The van der Waals surface area contributed by atoms with Crippen LogP contribution >= 0.6 is 12.2 Å². The first kappa shape index (κ1) is 14.3. The van der Waals surface area contributed by atoms with Crippen molar-refractivity contribution in [1.82, 2.24) is 14.9 Å². The van der Waals surface area contributed by atoms with E-state index in [1.807, 2.05) is 49.3 Å². The monoisotopic (exact) mass is 313 g/mol. The molecule has 22 heavy (non-hydrogen) atoms. The number of furan rings is 1. The molecule has 0 atom stereocenters. The summed E-state index contributed by atoms with van der Waals surface area (Å²) < 4.78 is 7.22. The van der Waals surface area contributed by atoms with Crippen LogP contribution in [0.15, 0.2) is 52.2 Å². The molecule has 0 unspecified atom stereocenters. The molecule has 0 aliphatic carbocycles. The van der Waals surface area contributed by atoms with E-state index in [1.165, 1.54) is 0 Å². The Morgan fingerprint density at radius 1 is 1.27 bits per heavy atom. The van der Waals surface area contributed by atoms with Gasteiger partial charge in [0, 0.05) is 25.3 Å². The van der Waals surface area contributed by atoms with Crippen LogP contribution in [0.25, 0.3) is 11.4 Å². The number of hydrogen-bond donors (Lipinski definition) is 1. The maximum Gasteiger partial charge on any atom is 0.216 e. The van der Waals surface area contributed by atoms with Crippen LogP contribution in [-0.2, 0) is 0 Å². The Morgan fingerprint density at radius 2 is 2.05 bits per heavy atom. The van der Waals surface area contributed by atoms with Gasteiger partial charge >= 0.3 is 0 Å². The van der Waals surface area contributed by atoms with E-state index in [0.29, 0.717) is 16.4 Å². The summed E-state index contributed by atoms with van der Waals surface area (Å²) in [4.78, 5) is 2.04. The molecule has 7 heteroatoms. The van der Waals surface area contributed by atoms with Gasteiger partial charge in [-0.25, -0.2) is 5.10 Å². The third kappa shape index (κ3) is 2.84. The topological polar surface area (TPSA) is 62.4 Å². The van der Waals surface area contributed by atoms with Crippen LogP contribution in [0.3, 0.4) is 0 Å². The maximum absolute atomic E-state index is 5.23. The summed E-state index contributed by atoms with van der Waals surface area (Å²) in [5, 5.41) is 11.3. The molecule has 1 N–H and O–H groups in total. The van der Waals surface area contributed by atoms with E-state index < -0.39 is 0 Å². The molecule has 0 saturated heterocycles. The van der Waals surface area contributed by atoms with E-state index in [9.17, 15) is 0 Å². The maximum atomic E-state index is 5.23. The Kier molecular flexibility index (Phi) is 3.88. The summed E-state index contributed by atoms with van der Waals surface area (Å²) in [5.74, 6) is 1.30. The van der Waals surface area contributed by atoms with Gasteiger partial charge in [0.15, 0.2) is 5.82 Å². The molecule has 0 saturated carbocycles. The summed E-state index contributed by atoms with van der Waals surface area (Å²) in [6, 6.07) is 11.6. The number of H-pyrrole nitrogens is 1. The average molecular weight is 313 g/mol. The van der Waals surface area contributed by atoms with Gasteiger partial charge < -0.3 is 9.32 Å². The van der Waals surface area contributed by atoms with Gasteiger partial charge in [-0.1, -0.05) is 0 Å². The number of anilines is 1. The highest BCUT2D eigenvalue weighted by molar-refractivity contribution is 7.71. The third-order valence-corrected chi connectivity index (χ3v) is 3.40. The van der Waals surface area contributed by atoms with Crippen molar-refractivity contribution in [2.45, 2.75) is 0 Å². The number of aromatic amines is 1. The molecule has 0 aliphatic rings. The molecule has 112 valence electrons. The molecule has 0 radical (unpaired) electrons. The van der Waals surface area contributed by atoms with Crippen LogP contribution in [0.1, 0.15) is 5.76 Å². The Labute approximate surface area is 132 Å². The quantitative estimate of drug-likeness (QED) is 0.594. The minimum atomic E-state index is 0.425. The minimum absolute atomic E-state index is 0.425. The van der Waals surface area contributed by atoms with Gasteiger partial charge in [-0.2, -0.15) is 14.9 Å². The number of hydrogen-bond acceptors (Lipinski definition) is 5. The van der Waals surface area contributed by atoms with Crippen molar-refractivity contribution in [3.8, 4) is 11.4 Å². The molecule has 0 amide bonds. The molecule has 6 nitrogen and oxygen atoms in total. The zero-order valence-corrected chi connectivity index (χ0v) is 13.0. The van der Waals surface area contributed by atoms with Crippen molar-refractivity contribution in [1.29, 1.82) is 0 Å². The lowest BCUT2D eigenvalue weighted by Crippen LogP contribution is -2.08. The van der Waals surface area contributed by atoms with Crippen molar-refractivity contribution in [3.63, 3.8) is 0 Å². The van der Waals surface area contributed by atoms with Crippen molar-refractivity contribution >= 4 is 24.1 Å². The first-order valence-corrected chi connectivity index (χ1v) is 7.09. The Hall–Kier alpha value is -2.67. The summed E-state index contributed by atoms with van der Waals surface area (Å²) in [6.45, 7) is 0. The van der Waals surface area contributed by atoms with E-state index in [4.69, 9.17) is 16.6 Å². The molecular formula is C15H15N5OS. The second-order valence-electron chi connectivity index (χ2n) is 4.87. The molecule has 0 aliphatic heterocycles. The summed E-state index contributed by atoms with van der Waals surface area (Å²) in [5.41, 5.74) is 2.04. The van der Waals surface area contributed by atoms with Crippen LogP contribution in [0.2, 0.25) is 0 Å². The lowest BCUT2D eigenvalue weighted by Gasteiger charge is -2.12. The van der Waals surface area contributed by atoms with Gasteiger partial charge in [-0.3, -0.25) is 0 Å². The molecule has 3 rings (SSSR count).